The van der Waals surface area contributed by atoms with Gasteiger partial charge in [0, 0.05) is 11.7 Å². The number of nitrogens with zero attached hydrogens (tertiary/aromatic N) is 1. The number of hydrogen-bond acceptors (Lipinski definition) is 4. The van der Waals surface area contributed by atoms with Crippen LogP contribution in [0.5, 0.6) is 0 Å². The van der Waals surface area contributed by atoms with Crippen molar-refractivity contribution in [1.82, 2.24) is 9.71 Å². The van der Waals surface area contributed by atoms with Gasteiger partial charge < -0.3 is 5.73 Å². The third kappa shape index (κ3) is 2.42. The molecule has 0 spiro atoms. The van der Waals surface area contributed by atoms with Crippen LogP contribution in [0.3, 0.4) is 0 Å². The van der Waals surface area contributed by atoms with Gasteiger partial charge in [-0.1, -0.05) is 6.92 Å². The van der Waals surface area contributed by atoms with Gasteiger partial charge in [0.1, 0.15) is 10.7 Å². The van der Waals surface area contributed by atoms with Gasteiger partial charge in [0.15, 0.2) is 0 Å². The Hall–Kier alpha value is -1.14. The van der Waals surface area contributed by atoms with Gasteiger partial charge in [0.25, 0.3) is 0 Å². The molecule has 0 radical (unpaired) electrons. The Morgan fingerprint density at radius 2 is 2.18 bits per heavy atom. The average molecular weight is 255 g/mol. The van der Waals surface area contributed by atoms with Crippen molar-refractivity contribution in [3.63, 3.8) is 0 Å². The monoisotopic (exact) mass is 255 g/mol. The first kappa shape index (κ1) is 12.3. The maximum atomic E-state index is 12.1. The minimum atomic E-state index is -3.48. The zero-order chi connectivity index (χ0) is 12.5. The molecule has 0 atom stereocenters. The summed E-state index contributed by atoms with van der Waals surface area (Å²) in [7, 11) is -3.48. The second-order valence-corrected chi connectivity index (χ2v) is 6.19. The first-order chi connectivity index (χ1) is 7.97. The van der Waals surface area contributed by atoms with Gasteiger partial charge >= 0.3 is 0 Å². The molecule has 1 aliphatic carbocycles. The topological polar surface area (TPSA) is 85.1 Å². The highest BCUT2D eigenvalue weighted by Gasteiger charge is 2.39. The lowest BCUT2D eigenvalue weighted by atomic mass is 9.76. The second kappa shape index (κ2) is 4.27. The Labute approximate surface area is 101 Å². The lowest BCUT2D eigenvalue weighted by Gasteiger charge is -2.41. The van der Waals surface area contributed by atoms with E-state index in [0.29, 0.717) is 5.82 Å². The fourth-order valence-corrected chi connectivity index (χ4v) is 3.50. The Kier molecular flexibility index (Phi) is 3.09. The maximum absolute atomic E-state index is 12.1. The van der Waals surface area contributed by atoms with E-state index in [1.807, 2.05) is 6.92 Å². The van der Waals surface area contributed by atoms with Crippen LogP contribution in [0.2, 0.25) is 0 Å². The molecule has 1 aromatic rings. The fourth-order valence-electron chi connectivity index (χ4n) is 2.03. The summed E-state index contributed by atoms with van der Waals surface area (Å²) in [6.07, 6.45) is 5.00. The minimum Gasteiger partial charge on any atom is -0.384 e. The van der Waals surface area contributed by atoms with Gasteiger partial charge in [-0.2, -0.15) is 0 Å². The van der Waals surface area contributed by atoms with Crippen molar-refractivity contribution in [1.29, 1.82) is 0 Å². The SMILES string of the molecule is CCC1(NS(=O)(=O)c2ccc(N)nc2)CCC1. The van der Waals surface area contributed by atoms with Crippen molar-refractivity contribution in [2.24, 2.45) is 0 Å². The number of anilines is 1. The van der Waals surface area contributed by atoms with E-state index in [1.165, 1.54) is 18.3 Å². The number of sulfonamides is 1. The summed E-state index contributed by atoms with van der Waals surface area (Å²) in [4.78, 5) is 3.98. The molecular formula is C11H17N3O2S. The lowest BCUT2D eigenvalue weighted by molar-refractivity contribution is 0.214. The molecule has 0 aromatic carbocycles. The van der Waals surface area contributed by atoms with E-state index in [9.17, 15) is 8.42 Å². The number of nitrogen functional groups attached to an aromatic ring is 1. The van der Waals surface area contributed by atoms with Crippen LogP contribution >= 0.6 is 0 Å². The summed E-state index contributed by atoms with van der Waals surface area (Å²) in [5.74, 6) is 0.317. The molecule has 0 saturated heterocycles. The number of nitrogens with one attached hydrogen (secondary N) is 1. The number of pyridine rings is 1. The number of aromatic nitrogens is 1. The first-order valence-corrected chi connectivity index (χ1v) is 7.21. The highest BCUT2D eigenvalue weighted by molar-refractivity contribution is 7.89. The van der Waals surface area contributed by atoms with E-state index in [1.54, 1.807) is 0 Å². The molecule has 0 bridgehead atoms. The number of nitrogens with two attached hydrogens (primary N) is 1. The molecule has 6 heteroatoms. The van der Waals surface area contributed by atoms with Crippen molar-refractivity contribution >= 4 is 15.8 Å². The summed E-state index contributed by atoms with van der Waals surface area (Å²) >= 11 is 0. The van der Waals surface area contributed by atoms with Crippen molar-refractivity contribution in [3.8, 4) is 0 Å². The smallest absolute Gasteiger partial charge is 0.242 e. The molecular weight excluding hydrogens is 238 g/mol. The Morgan fingerprint density at radius 3 is 2.59 bits per heavy atom. The van der Waals surface area contributed by atoms with Crippen LogP contribution in [0.4, 0.5) is 5.82 Å². The molecule has 17 heavy (non-hydrogen) atoms. The van der Waals surface area contributed by atoms with Gasteiger partial charge in [0.05, 0.1) is 0 Å². The molecule has 2 rings (SSSR count). The van der Waals surface area contributed by atoms with Crippen LogP contribution < -0.4 is 10.5 Å². The average Bonchev–Trinajstić information content (AvgIpc) is 2.24. The molecule has 0 amide bonds. The molecule has 0 aliphatic heterocycles. The van der Waals surface area contributed by atoms with Gasteiger partial charge in [0.2, 0.25) is 10.0 Å². The summed E-state index contributed by atoms with van der Waals surface area (Å²) in [6.45, 7) is 2.00. The molecule has 94 valence electrons. The summed E-state index contributed by atoms with van der Waals surface area (Å²) in [5, 5.41) is 0. The third-order valence-corrected chi connectivity index (χ3v) is 4.97. The largest absolute Gasteiger partial charge is 0.384 e. The van der Waals surface area contributed by atoms with E-state index in [0.717, 1.165) is 25.7 Å². The Morgan fingerprint density at radius 1 is 1.47 bits per heavy atom. The molecule has 1 heterocycles. The van der Waals surface area contributed by atoms with Crippen LogP contribution in [-0.4, -0.2) is 18.9 Å². The molecule has 3 N–H and O–H groups in total. The fraction of sp³-hybridized carbons (Fsp3) is 0.545. The van der Waals surface area contributed by atoms with Crippen molar-refractivity contribution in [2.75, 3.05) is 5.73 Å². The van der Waals surface area contributed by atoms with Crippen LogP contribution in [-0.2, 0) is 10.0 Å². The maximum Gasteiger partial charge on any atom is 0.242 e. The van der Waals surface area contributed by atoms with Crippen molar-refractivity contribution in [3.05, 3.63) is 18.3 Å². The zero-order valence-corrected chi connectivity index (χ0v) is 10.6. The quantitative estimate of drug-likeness (QED) is 0.848. The molecule has 1 saturated carbocycles. The molecule has 5 nitrogen and oxygen atoms in total. The van der Waals surface area contributed by atoms with E-state index in [-0.39, 0.29) is 10.4 Å². The van der Waals surface area contributed by atoms with Crippen molar-refractivity contribution in [2.45, 2.75) is 43.0 Å². The normalized spacial score (nSPS) is 18.6. The van der Waals surface area contributed by atoms with E-state index in [2.05, 4.69) is 9.71 Å². The zero-order valence-electron chi connectivity index (χ0n) is 9.81. The van der Waals surface area contributed by atoms with Crippen molar-refractivity contribution < 1.29 is 8.42 Å². The summed E-state index contributed by atoms with van der Waals surface area (Å²) in [6, 6.07) is 2.97. The molecule has 1 aliphatic rings. The summed E-state index contributed by atoms with van der Waals surface area (Å²) < 4.78 is 27.0. The number of hydrogen-bond donors (Lipinski definition) is 2. The second-order valence-electron chi connectivity index (χ2n) is 4.51. The highest BCUT2D eigenvalue weighted by Crippen LogP contribution is 2.35. The van der Waals surface area contributed by atoms with Gasteiger partial charge in [-0.25, -0.2) is 18.1 Å². The predicted octanol–water partition coefficient (Wildman–Crippen LogP) is 1.27. The highest BCUT2D eigenvalue weighted by atomic mass is 32.2. The van der Waals surface area contributed by atoms with Gasteiger partial charge in [-0.3, -0.25) is 0 Å². The number of rotatable bonds is 4. The van der Waals surface area contributed by atoms with E-state index in [4.69, 9.17) is 5.73 Å². The van der Waals surface area contributed by atoms with E-state index < -0.39 is 10.0 Å². The lowest BCUT2D eigenvalue weighted by Crippen LogP contribution is -2.52. The molecule has 1 aromatic heterocycles. The van der Waals surface area contributed by atoms with Gasteiger partial charge in [-0.05, 0) is 37.8 Å². The molecule has 0 unspecified atom stereocenters. The predicted molar refractivity (Wildman–Crippen MR) is 65.8 cm³/mol. The third-order valence-electron chi connectivity index (χ3n) is 3.41. The van der Waals surface area contributed by atoms with Crippen LogP contribution in [0.15, 0.2) is 23.2 Å². The molecule has 1 fully saturated rings. The minimum absolute atomic E-state index is 0.173. The Balaban J connectivity index is 2.22. The van der Waals surface area contributed by atoms with Crippen LogP contribution in [0, 0.1) is 0 Å². The van der Waals surface area contributed by atoms with Crippen LogP contribution in [0.25, 0.3) is 0 Å². The standard InChI is InChI=1S/C11H17N3O2S/c1-2-11(6-3-7-11)14-17(15,16)9-4-5-10(12)13-8-9/h4-5,8,14H,2-3,6-7H2,1H3,(H2,12,13). The Bertz CT molecular complexity index is 486. The van der Waals surface area contributed by atoms with Crippen LogP contribution in [0.1, 0.15) is 32.6 Å². The van der Waals surface area contributed by atoms with E-state index >= 15 is 0 Å². The first-order valence-electron chi connectivity index (χ1n) is 5.73. The summed E-state index contributed by atoms with van der Waals surface area (Å²) in [5.41, 5.74) is 5.18. The van der Waals surface area contributed by atoms with Gasteiger partial charge in [-0.15, -0.1) is 0 Å².